The molecule has 0 aliphatic carbocycles. The number of hydrogen-bond donors (Lipinski definition) is 0. The molecule has 2 nitrogen and oxygen atoms in total. The number of pyridine rings is 1. The summed E-state index contributed by atoms with van der Waals surface area (Å²) in [5.74, 6) is 0.393. The van der Waals surface area contributed by atoms with Crippen molar-refractivity contribution < 1.29 is 0 Å². The van der Waals surface area contributed by atoms with Gasteiger partial charge < -0.3 is 0 Å². The monoisotopic (exact) mass is 512 g/mol. The average molecular weight is 513 g/mol. The smallest absolute Gasteiger partial charge is 0.145 e. The number of imidazole rings is 1. The molecule has 0 fully saturated rings. The molecule has 0 aliphatic heterocycles. The molecule has 0 spiro atoms. The Hall–Kier alpha value is -3.91. The Morgan fingerprint density at radius 1 is 1.00 bits per heavy atom. The lowest BCUT2D eigenvalue weighted by atomic mass is 9.86. The number of aromatic nitrogens is 2. The second-order valence-electron chi connectivity index (χ2n) is 11.2. The van der Waals surface area contributed by atoms with Crippen LogP contribution in [-0.4, -0.2) is 9.38 Å². The molecule has 2 heteroatoms. The van der Waals surface area contributed by atoms with Crippen molar-refractivity contribution in [3.63, 3.8) is 0 Å². The van der Waals surface area contributed by atoms with Gasteiger partial charge in [-0.2, -0.15) is 0 Å². The lowest BCUT2D eigenvalue weighted by Gasteiger charge is -2.21. The highest BCUT2D eigenvalue weighted by atomic mass is 15.0. The minimum Gasteiger partial charge on any atom is -0.292 e. The van der Waals surface area contributed by atoms with Crippen LogP contribution in [0, 0.1) is 20.8 Å². The Bertz CT molecular complexity index is 1800. The lowest BCUT2D eigenvalue weighted by Crippen LogP contribution is -2.02. The summed E-state index contributed by atoms with van der Waals surface area (Å²) in [6, 6.07) is 18.3. The second kappa shape index (κ2) is 10.3. The number of fused-ring (bicyclic) bond motifs is 6. The number of aryl methyl sites for hydroxylation is 3. The van der Waals surface area contributed by atoms with Gasteiger partial charge in [0.15, 0.2) is 0 Å². The Morgan fingerprint density at radius 3 is 2.36 bits per heavy atom. The van der Waals surface area contributed by atoms with Crippen LogP contribution in [0.1, 0.15) is 74.9 Å². The summed E-state index contributed by atoms with van der Waals surface area (Å²) in [5, 5.41) is 3.78. The van der Waals surface area contributed by atoms with Crippen LogP contribution >= 0.6 is 0 Å². The molecule has 2 heterocycles. The van der Waals surface area contributed by atoms with Crippen molar-refractivity contribution >= 4 is 32.9 Å². The second-order valence-corrected chi connectivity index (χ2v) is 11.2. The molecular weight excluding hydrogens is 472 g/mol. The minimum absolute atomic E-state index is 0.393. The van der Waals surface area contributed by atoms with Crippen molar-refractivity contribution in [3.05, 3.63) is 113 Å². The van der Waals surface area contributed by atoms with Crippen LogP contribution in [0.15, 0.2) is 84.6 Å². The zero-order valence-corrected chi connectivity index (χ0v) is 24.7. The zero-order valence-electron chi connectivity index (χ0n) is 24.7. The first-order valence-corrected chi connectivity index (χ1v) is 14.1. The summed E-state index contributed by atoms with van der Waals surface area (Å²) < 4.78 is 2.38. The highest BCUT2D eigenvalue weighted by Crippen LogP contribution is 2.42. The molecule has 0 aliphatic rings. The normalized spacial score (nSPS) is 13.5. The van der Waals surface area contributed by atoms with Crippen molar-refractivity contribution in [2.75, 3.05) is 0 Å². The molecule has 5 rings (SSSR count). The van der Waals surface area contributed by atoms with Gasteiger partial charge in [-0.05, 0) is 116 Å². The summed E-state index contributed by atoms with van der Waals surface area (Å²) in [6.07, 6.45) is 7.37. The topological polar surface area (TPSA) is 17.3 Å². The molecule has 1 atom stereocenters. The predicted molar refractivity (Wildman–Crippen MR) is 171 cm³/mol. The standard InChI is InChI=1S/C37H40N2/c1-10-13-25(7)34(22(3)4)33-21-38-37-36-30(24(6)11-2)19-28(35-26(8)14-12-15-27(35)9)20-31(36)29-17-16-23(5)18-32(29)39(33)37/h10,12-21,24H,3,11H2,1-2,4-9H3/b13-10-,34-25+. The number of rotatable bonds is 6. The third kappa shape index (κ3) is 4.42. The summed E-state index contributed by atoms with van der Waals surface area (Å²) >= 11 is 0. The van der Waals surface area contributed by atoms with Crippen LogP contribution in [0.4, 0.5) is 0 Å². The molecule has 198 valence electrons. The van der Waals surface area contributed by atoms with Gasteiger partial charge in [0, 0.05) is 16.3 Å². The number of hydrogen-bond acceptors (Lipinski definition) is 1. The third-order valence-corrected chi connectivity index (χ3v) is 8.25. The van der Waals surface area contributed by atoms with E-state index in [1.807, 2.05) is 6.20 Å². The zero-order chi connectivity index (χ0) is 28.0. The van der Waals surface area contributed by atoms with E-state index < -0.39 is 0 Å². The van der Waals surface area contributed by atoms with E-state index in [2.05, 4.69) is 127 Å². The molecule has 5 aromatic rings. The average Bonchev–Trinajstić information content (AvgIpc) is 3.32. The van der Waals surface area contributed by atoms with Gasteiger partial charge >= 0.3 is 0 Å². The van der Waals surface area contributed by atoms with E-state index in [9.17, 15) is 0 Å². The van der Waals surface area contributed by atoms with Crippen molar-refractivity contribution in [3.8, 4) is 11.1 Å². The first-order valence-electron chi connectivity index (χ1n) is 14.1. The fraction of sp³-hybridized carbons (Fsp3) is 0.270. The highest BCUT2D eigenvalue weighted by molar-refractivity contribution is 6.15. The third-order valence-electron chi connectivity index (χ3n) is 8.25. The van der Waals surface area contributed by atoms with Gasteiger partial charge in [0.25, 0.3) is 0 Å². The molecular formula is C37H40N2. The molecule has 39 heavy (non-hydrogen) atoms. The Morgan fingerprint density at radius 2 is 1.72 bits per heavy atom. The quantitative estimate of drug-likeness (QED) is 0.163. The molecule has 2 aromatic heterocycles. The van der Waals surface area contributed by atoms with E-state index in [1.165, 1.54) is 60.6 Å². The SMILES string of the molecule is C=C(C)/C(=C(C)\C=C/C)c1cnc2c3c(C(C)CC)cc(-c4c(C)cccc4C)cc3c3ccc(C)cc3n12. The Balaban J connectivity index is 2.04. The van der Waals surface area contributed by atoms with Crippen LogP contribution in [-0.2, 0) is 0 Å². The fourth-order valence-corrected chi connectivity index (χ4v) is 6.24. The van der Waals surface area contributed by atoms with Gasteiger partial charge in [0.1, 0.15) is 5.65 Å². The molecule has 0 saturated carbocycles. The Labute approximate surface area is 233 Å². The van der Waals surface area contributed by atoms with Crippen molar-refractivity contribution in [2.45, 2.75) is 67.7 Å². The minimum atomic E-state index is 0.393. The maximum Gasteiger partial charge on any atom is 0.145 e. The summed E-state index contributed by atoms with van der Waals surface area (Å²) in [5.41, 5.74) is 14.5. The fourth-order valence-electron chi connectivity index (χ4n) is 6.24. The van der Waals surface area contributed by atoms with E-state index in [-0.39, 0.29) is 0 Å². The highest BCUT2D eigenvalue weighted by Gasteiger charge is 2.22. The molecule has 1 unspecified atom stereocenters. The van der Waals surface area contributed by atoms with E-state index in [4.69, 9.17) is 4.98 Å². The summed E-state index contributed by atoms with van der Waals surface area (Å²) in [4.78, 5) is 5.15. The van der Waals surface area contributed by atoms with Crippen LogP contribution in [0.25, 0.3) is 44.0 Å². The van der Waals surface area contributed by atoms with Crippen molar-refractivity contribution in [1.29, 1.82) is 0 Å². The molecule has 0 radical (unpaired) electrons. The van der Waals surface area contributed by atoms with E-state index >= 15 is 0 Å². The van der Waals surface area contributed by atoms with Crippen LogP contribution in [0.5, 0.6) is 0 Å². The Kier molecular flexibility index (Phi) is 7.07. The molecule has 0 saturated heterocycles. The van der Waals surface area contributed by atoms with Gasteiger partial charge in [-0.25, -0.2) is 4.98 Å². The van der Waals surface area contributed by atoms with Crippen LogP contribution < -0.4 is 0 Å². The summed E-state index contributed by atoms with van der Waals surface area (Å²) in [6.45, 7) is 21.9. The van der Waals surface area contributed by atoms with Gasteiger partial charge in [-0.3, -0.25) is 4.40 Å². The lowest BCUT2D eigenvalue weighted by molar-refractivity contribution is 0.740. The van der Waals surface area contributed by atoms with Gasteiger partial charge in [0.2, 0.25) is 0 Å². The number of benzene rings is 3. The van der Waals surface area contributed by atoms with Gasteiger partial charge in [0.05, 0.1) is 17.4 Å². The van der Waals surface area contributed by atoms with E-state index in [1.54, 1.807) is 0 Å². The first-order chi connectivity index (χ1) is 18.7. The first kappa shape index (κ1) is 26.7. The maximum absolute atomic E-state index is 5.15. The van der Waals surface area contributed by atoms with Crippen molar-refractivity contribution in [2.24, 2.45) is 0 Å². The molecule has 0 bridgehead atoms. The molecule has 0 amide bonds. The van der Waals surface area contributed by atoms with Crippen molar-refractivity contribution in [1.82, 2.24) is 9.38 Å². The van der Waals surface area contributed by atoms with E-state index in [0.29, 0.717) is 5.92 Å². The molecule has 3 aromatic carbocycles. The largest absolute Gasteiger partial charge is 0.292 e. The number of allylic oxidation sites excluding steroid dienone is 5. The molecule has 0 N–H and O–H groups in total. The van der Waals surface area contributed by atoms with Gasteiger partial charge in [-0.1, -0.05) is 69.0 Å². The summed E-state index contributed by atoms with van der Waals surface area (Å²) in [7, 11) is 0. The van der Waals surface area contributed by atoms with Crippen LogP contribution in [0.2, 0.25) is 0 Å². The van der Waals surface area contributed by atoms with E-state index in [0.717, 1.165) is 28.9 Å². The number of nitrogens with zero attached hydrogens (tertiary/aromatic N) is 2. The van der Waals surface area contributed by atoms with Gasteiger partial charge in [-0.15, -0.1) is 0 Å². The maximum atomic E-state index is 5.15. The van der Waals surface area contributed by atoms with Crippen LogP contribution in [0.3, 0.4) is 0 Å². The predicted octanol–water partition coefficient (Wildman–Crippen LogP) is 10.7.